The molecule has 0 fully saturated rings. The second kappa shape index (κ2) is 15.3. The van der Waals surface area contributed by atoms with Crippen molar-refractivity contribution in [1.82, 2.24) is 9.97 Å². The molecule has 4 aromatic carbocycles. The van der Waals surface area contributed by atoms with E-state index in [0.29, 0.717) is 0 Å². The fourth-order valence-corrected chi connectivity index (χ4v) is 7.30. The first-order valence-corrected chi connectivity index (χ1v) is 17.4. The van der Waals surface area contributed by atoms with Crippen molar-refractivity contribution in [3.63, 3.8) is 0 Å². The number of nitrogens with zero attached hydrogens (tertiary/aromatic N) is 2. The van der Waals surface area contributed by atoms with Crippen LogP contribution in [0.15, 0.2) is 97.1 Å². The van der Waals surface area contributed by atoms with Gasteiger partial charge in [0.15, 0.2) is 0 Å². The Labute approximate surface area is 263 Å². The second-order valence-corrected chi connectivity index (χ2v) is 12.7. The lowest BCUT2D eigenvalue weighted by molar-refractivity contribution is 0.531. The van der Waals surface area contributed by atoms with Gasteiger partial charge in [-0.15, -0.1) is 0 Å². The standard InChI is InChI=1S/C42H48N2/c1-2-3-4-5-6-7-8-9-10-11-12-13-14-27-36(41-32-23-15-19-28-37(32)43-38-29-20-16-24-33(38)41)42-34-25-17-21-30-39(34)44-40-31-22-18-26-35(40)42/h15-26,28-31,36H,2-14,27H2,1H3. The molecule has 2 nitrogen and oxygen atoms in total. The third-order valence-corrected chi connectivity index (χ3v) is 9.55. The number of para-hydroxylation sites is 4. The van der Waals surface area contributed by atoms with Crippen molar-refractivity contribution in [2.45, 2.75) is 103 Å². The third-order valence-electron chi connectivity index (χ3n) is 9.55. The van der Waals surface area contributed by atoms with Crippen molar-refractivity contribution < 1.29 is 0 Å². The number of hydrogen-bond acceptors (Lipinski definition) is 2. The summed E-state index contributed by atoms with van der Waals surface area (Å²) in [5.41, 5.74) is 7.18. The lowest BCUT2D eigenvalue weighted by atomic mass is 9.80. The smallest absolute Gasteiger partial charge is 0.0712 e. The highest BCUT2D eigenvalue weighted by atomic mass is 14.7. The number of hydrogen-bond donors (Lipinski definition) is 0. The maximum atomic E-state index is 5.10. The highest BCUT2D eigenvalue weighted by Crippen LogP contribution is 2.43. The summed E-state index contributed by atoms with van der Waals surface area (Å²) in [7, 11) is 0. The van der Waals surface area contributed by atoms with E-state index in [1.165, 1.54) is 116 Å². The molecule has 0 aliphatic heterocycles. The number of pyridine rings is 2. The zero-order valence-electron chi connectivity index (χ0n) is 26.6. The molecular weight excluding hydrogens is 532 g/mol. The number of benzene rings is 4. The van der Waals surface area contributed by atoms with E-state index >= 15 is 0 Å². The summed E-state index contributed by atoms with van der Waals surface area (Å²) in [6, 6.07) is 35.0. The SMILES string of the molecule is CCCCCCCCCCCCCCCC(c1c2ccccc2nc2ccccc12)c1c2ccccc2nc2ccccc12. The molecule has 6 aromatic rings. The summed E-state index contributed by atoms with van der Waals surface area (Å²) < 4.78 is 0. The Morgan fingerprint density at radius 3 is 1.02 bits per heavy atom. The first kappa shape index (κ1) is 30.3. The summed E-state index contributed by atoms with van der Waals surface area (Å²) in [5, 5.41) is 5.10. The molecule has 0 unspecified atom stereocenters. The molecule has 2 heteroatoms. The van der Waals surface area contributed by atoms with Gasteiger partial charge in [-0.2, -0.15) is 0 Å². The van der Waals surface area contributed by atoms with Crippen LogP contribution in [-0.4, -0.2) is 9.97 Å². The van der Waals surface area contributed by atoms with Crippen LogP contribution in [-0.2, 0) is 0 Å². The van der Waals surface area contributed by atoms with E-state index in [9.17, 15) is 0 Å². The van der Waals surface area contributed by atoms with Gasteiger partial charge in [0.1, 0.15) is 0 Å². The van der Waals surface area contributed by atoms with Crippen molar-refractivity contribution in [2.24, 2.45) is 0 Å². The molecule has 0 amide bonds. The molecule has 0 saturated heterocycles. The normalized spacial score (nSPS) is 11.9. The van der Waals surface area contributed by atoms with Crippen LogP contribution in [0, 0.1) is 0 Å². The Balaban J connectivity index is 1.27. The van der Waals surface area contributed by atoms with Crippen molar-refractivity contribution in [3.05, 3.63) is 108 Å². The van der Waals surface area contributed by atoms with Gasteiger partial charge in [-0.05, 0) is 41.8 Å². The van der Waals surface area contributed by atoms with Gasteiger partial charge in [-0.3, -0.25) is 0 Å². The van der Waals surface area contributed by atoms with Gasteiger partial charge < -0.3 is 0 Å². The Bertz CT molecular complexity index is 1580. The molecule has 226 valence electrons. The van der Waals surface area contributed by atoms with Crippen molar-refractivity contribution in [1.29, 1.82) is 0 Å². The van der Waals surface area contributed by atoms with E-state index in [-0.39, 0.29) is 5.92 Å². The highest BCUT2D eigenvalue weighted by molar-refractivity contribution is 6.03. The Hall–Kier alpha value is -3.78. The fraction of sp³-hybridized carbons (Fsp3) is 0.381. The van der Waals surface area contributed by atoms with E-state index in [2.05, 4.69) is 104 Å². The largest absolute Gasteiger partial charge is 0.248 e. The van der Waals surface area contributed by atoms with Crippen LogP contribution >= 0.6 is 0 Å². The molecule has 0 saturated carbocycles. The van der Waals surface area contributed by atoms with E-state index < -0.39 is 0 Å². The van der Waals surface area contributed by atoms with Gasteiger partial charge in [0.2, 0.25) is 0 Å². The van der Waals surface area contributed by atoms with Gasteiger partial charge in [-0.1, -0.05) is 163 Å². The number of rotatable bonds is 16. The fourth-order valence-electron chi connectivity index (χ4n) is 7.30. The molecule has 0 radical (unpaired) electrons. The molecular formula is C42H48N2. The van der Waals surface area contributed by atoms with Crippen LogP contribution in [0.25, 0.3) is 43.6 Å². The molecule has 0 spiro atoms. The quantitative estimate of drug-likeness (QED) is 0.0840. The van der Waals surface area contributed by atoms with E-state index in [0.717, 1.165) is 28.5 Å². The minimum atomic E-state index is 0.248. The molecule has 0 atom stereocenters. The molecule has 2 heterocycles. The van der Waals surface area contributed by atoms with Crippen molar-refractivity contribution in [3.8, 4) is 0 Å². The minimum Gasteiger partial charge on any atom is -0.248 e. The van der Waals surface area contributed by atoms with E-state index in [4.69, 9.17) is 9.97 Å². The number of unbranched alkanes of at least 4 members (excludes halogenated alkanes) is 12. The summed E-state index contributed by atoms with van der Waals surface area (Å²) in [5.74, 6) is 0.248. The van der Waals surface area contributed by atoms with Gasteiger partial charge >= 0.3 is 0 Å². The van der Waals surface area contributed by atoms with Crippen LogP contribution < -0.4 is 0 Å². The van der Waals surface area contributed by atoms with Gasteiger partial charge in [0, 0.05) is 27.5 Å². The second-order valence-electron chi connectivity index (χ2n) is 12.7. The first-order chi connectivity index (χ1) is 21.8. The Kier molecular flexibility index (Phi) is 10.5. The third kappa shape index (κ3) is 6.96. The summed E-state index contributed by atoms with van der Waals surface area (Å²) in [4.78, 5) is 10.2. The lowest BCUT2D eigenvalue weighted by Gasteiger charge is -2.25. The maximum absolute atomic E-state index is 5.10. The molecule has 44 heavy (non-hydrogen) atoms. The average Bonchev–Trinajstić information content (AvgIpc) is 3.07. The minimum absolute atomic E-state index is 0.248. The molecule has 0 aliphatic rings. The number of fused-ring (bicyclic) bond motifs is 4. The molecule has 0 bridgehead atoms. The predicted octanol–water partition coefficient (Wildman–Crippen LogP) is 12.7. The maximum Gasteiger partial charge on any atom is 0.0712 e. The van der Waals surface area contributed by atoms with E-state index in [1.54, 1.807) is 0 Å². The average molecular weight is 581 g/mol. The molecule has 0 N–H and O–H groups in total. The monoisotopic (exact) mass is 580 g/mol. The summed E-state index contributed by atoms with van der Waals surface area (Å²) >= 11 is 0. The van der Waals surface area contributed by atoms with Crippen LogP contribution in [0.1, 0.15) is 114 Å². The summed E-state index contributed by atoms with van der Waals surface area (Å²) in [6.07, 6.45) is 19.0. The summed E-state index contributed by atoms with van der Waals surface area (Å²) in [6.45, 7) is 2.30. The van der Waals surface area contributed by atoms with Crippen LogP contribution in [0.4, 0.5) is 0 Å². The van der Waals surface area contributed by atoms with Crippen LogP contribution in [0.3, 0.4) is 0 Å². The van der Waals surface area contributed by atoms with Gasteiger partial charge in [-0.25, -0.2) is 9.97 Å². The zero-order chi connectivity index (χ0) is 30.0. The van der Waals surface area contributed by atoms with Crippen molar-refractivity contribution >= 4 is 43.6 Å². The molecule has 2 aromatic heterocycles. The Morgan fingerprint density at radius 2 is 0.682 bits per heavy atom. The van der Waals surface area contributed by atoms with E-state index in [1.807, 2.05) is 0 Å². The zero-order valence-corrected chi connectivity index (χ0v) is 26.6. The molecule has 0 aliphatic carbocycles. The van der Waals surface area contributed by atoms with Gasteiger partial charge in [0.05, 0.1) is 22.1 Å². The highest BCUT2D eigenvalue weighted by Gasteiger charge is 2.24. The topological polar surface area (TPSA) is 25.8 Å². The van der Waals surface area contributed by atoms with Crippen LogP contribution in [0.2, 0.25) is 0 Å². The number of aromatic nitrogens is 2. The lowest BCUT2D eigenvalue weighted by Crippen LogP contribution is -2.07. The Morgan fingerprint density at radius 1 is 0.386 bits per heavy atom. The van der Waals surface area contributed by atoms with Gasteiger partial charge in [0.25, 0.3) is 0 Å². The molecule has 6 rings (SSSR count). The van der Waals surface area contributed by atoms with Crippen LogP contribution in [0.5, 0.6) is 0 Å². The van der Waals surface area contributed by atoms with Crippen molar-refractivity contribution in [2.75, 3.05) is 0 Å². The first-order valence-electron chi connectivity index (χ1n) is 17.4. The predicted molar refractivity (Wildman–Crippen MR) is 191 cm³/mol.